The zero-order valence-corrected chi connectivity index (χ0v) is 10.4. The number of hydrogen-bond acceptors (Lipinski definition) is 4. The summed E-state index contributed by atoms with van der Waals surface area (Å²) in [6.45, 7) is 1.80. The first-order valence-corrected chi connectivity index (χ1v) is 5.10. The molecule has 1 aromatic carbocycles. The Morgan fingerprint density at radius 1 is 1.29 bits per heavy atom. The first-order valence-electron chi connectivity index (χ1n) is 4.73. The van der Waals surface area contributed by atoms with E-state index in [0.29, 0.717) is 16.5 Å². The van der Waals surface area contributed by atoms with Crippen molar-refractivity contribution in [2.75, 3.05) is 19.5 Å². The van der Waals surface area contributed by atoms with Gasteiger partial charge in [-0.05, 0) is 24.6 Å². The van der Waals surface area contributed by atoms with Gasteiger partial charge in [0.1, 0.15) is 5.75 Å². The Hall–Kier alpha value is -1.75. The van der Waals surface area contributed by atoms with E-state index < -0.39 is 11.9 Å². The highest BCUT2D eigenvalue weighted by Crippen LogP contribution is 2.30. The first kappa shape index (κ1) is 13.3. The van der Waals surface area contributed by atoms with E-state index in [4.69, 9.17) is 16.3 Å². The molecule has 0 unspecified atom stereocenters. The van der Waals surface area contributed by atoms with Gasteiger partial charge in [0.2, 0.25) is 0 Å². The maximum Gasteiger partial charge on any atom is 0.396 e. The largest absolute Gasteiger partial charge is 0.495 e. The Labute approximate surface area is 104 Å². The van der Waals surface area contributed by atoms with Crippen molar-refractivity contribution in [3.05, 3.63) is 22.7 Å². The van der Waals surface area contributed by atoms with Gasteiger partial charge in [0.15, 0.2) is 0 Å². The molecule has 0 fully saturated rings. The number of halogens is 1. The highest BCUT2D eigenvalue weighted by Gasteiger charge is 2.16. The highest BCUT2D eigenvalue weighted by atomic mass is 35.5. The second-order valence-corrected chi connectivity index (χ2v) is 3.65. The molecule has 0 saturated heterocycles. The Kier molecular flexibility index (Phi) is 4.34. The lowest BCUT2D eigenvalue weighted by Gasteiger charge is -2.11. The molecule has 0 radical (unpaired) electrons. The van der Waals surface area contributed by atoms with Gasteiger partial charge < -0.3 is 14.8 Å². The van der Waals surface area contributed by atoms with Gasteiger partial charge >= 0.3 is 11.9 Å². The number of carbonyl (C=O) groups excluding carboxylic acids is 2. The lowest BCUT2D eigenvalue weighted by molar-refractivity contribution is -0.150. The van der Waals surface area contributed by atoms with Gasteiger partial charge in [-0.15, -0.1) is 0 Å². The minimum Gasteiger partial charge on any atom is -0.495 e. The average Bonchev–Trinajstić information content (AvgIpc) is 2.32. The Morgan fingerprint density at radius 3 is 2.47 bits per heavy atom. The number of hydrogen-bond donors (Lipinski definition) is 1. The van der Waals surface area contributed by atoms with Crippen LogP contribution < -0.4 is 10.1 Å². The molecule has 6 heteroatoms. The zero-order valence-electron chi connectivity index (χ0n) is 9.67. The van der Waals surface area contributed by atoms with Crippen LogP contribution in [0.15, 0.2) is 12.1 Å². The van der Waals surface area contributed by atoms with Crippen LogP contribution in [-0.2, 0) is 14.3 Å². The smallest absolute Gasteiger partial charge is 0.396 e. The SMILES string of the molecule is COC(=O)C(=O)Nc1cc(Cl)c(C)cc1OC. The van der Waals surface area contributed by atoms with Crippen molar-refractivity contribution in [3.63, 3.8) is 0 Å². The molecular weight excluding hydrogens is 246 g/mol. The third-order valence-electron chi connectivity index (χ3n) is 2.10. The number of anilines is 1. The summed E-state index contributed by atoms with van der Waals surface area (Å²) < 4.78 is 9.36. The maximum absolute atomic E-state index is 11.3. The number of nitrogens with one attached hydrogen (secondary N) is 1. The Morgan fingerprint density at radius 2 is 1.94 bits per heavy atom. The molecule has 1 aromatic rings. The van der Waals surface area contributed by atoms with E-state index in [1.165, 1.54) is 13.2 Å². The molecule has 0 aliphatic carbocycles. The zero-order chi connectivity index (χ0) is 13.0. The molecule has 5 nitrogen and oxygen atoms in total. The molecule has 1 amide bonds. The summed E-state index contributed by atoms with van der Waals surface area (Å²) in [4.78, 5) is 22.3. The number of amides is 1. The molecule has 0 saturated carbocycles. The van der Waals surface area contributed by atoms with E-state index in [0.717, 1.165) is 12.7 Å². The molecule has 1 N–H and O–H groups in total. The van der Waals surface area contributed by atoms with E-state index in [-0.39, 0.29) is 0 Å². The van der Waals surface area contributed by atoms with Gasteiger partial charge in [-0.25, -0.2) is 4.79 Å². The van der Waals surface area contributed by atoms with E-state index in [2.05, 4.69) is 10.1 Å². The average molecular weight is 258 g/mol. The van der Waals surface area contributed by atoms with Crippen molar-refractivity contribution >= 4 is 29.2 Å². The lowest BCUT2D eigenvalue weighted by atomic mass is 10.2. The van der Waals surface area contributed by atoms with Gasteiger partial charge in [-0.1, -0.05) is 11.6 Å². The number of aryl methyl sites for hydroxylation is 1. The van der Waals surface area contributed by atoms with E-state index in [1.807, 2.05) is 0 Å². The summed E-state index contributed by atoms with van der Waals surface area (Å²) in [5, 5.41) is 2.82. The minimum absolute atomic E-state index is 0.318. The Balaban J connectivity index is 3.01. The van der Waals surface area contributed by atoms with Gasteiger partial charge in [0.25, 0.3) is 0 Å². The lowest BCUT2D eigenvalue weighted by Crippen LogP contribution is -2.24. The molecule has 17 heavy (non-hydrogen) atoms. The van der Waals surface area contributed by atoms with Gasteiger partial charge in [-0.2, -0.15) is 0 Å². The van der Waals surface area contributed by atoms with E-state index in [9.17, 15) is 9.59 Å². The van der Waals surface area contributed by atoms with Crippen molar-refractivity contribution < 1.29 is 19.1 Å². The highest BCUT2D eigenvalue weighted by molar-refractivity contribution is 6.37. The molecule has 1 rings (SSSR count). The molecule has 0 aromatic heterocycles. The van der Waals surface area contributed by atoms with Crippen LogP contribution in [0.3, 0.4) is 0 Å². The fourth-order valence-corrected chi connectivity index (χ4v) is 1.35. The first-order chi connectivity index (χ1) is 7.99. The predicted molar refractivity (Wildman–Crippen MR) is 63.4 cm³/mol. The molecule has 0 atom stereocenters. The Bertz CT molecular complexity index is 459. The van der Waals surface area contributed by atoms with Crippen molar-refractivity contribution in [2.24, 2.45) is 0 Å². The van der Waals surface area contributed by atoms with Gasteiger partial charge in [0.05, 0.1) is 19.9 Å². The van der Waals surface area contributed by atoms with Gasteiger partial charge in [-0.3, -0.25) is 4.79 Å². The fourth-order valence-electron chi connectivity index (χ4n) is 1.19. The molecular formula is C11H12ClNO4. The van der Waals surface area contributed by atoms with Crippen molar-refractivity contribution in [1.82, 2.24) is 0 Å². The van der Waals surface area contributed by atoms with Crippen LogP contribution in [0.4, 0.5) is 5.69 Å². The number of rotatable bonds is 2. The number of benzene rings is 1. The summed E-state index contributed by atoms with van der Waals surface area (Å²) in [5.41, 5.74) is 1.12. The summed E-state index contributed by atoms with van der Waals surface area (Å²) in [6, 6.07) is 3.17. The van der Waals surface area contributed by atoms with Crippen molar-refractivity contribution in [2.45, 2.75) is 6.92 Å². The number of ether oxygens (including phenoxy) is 2. The standard InChI is InChI=1S/C11H12ClNO4/c1-6-4-9(16-2)8(5-7(6)12)13-10(14)11(15)17-3/h4-5H,1-3H3,(H,13,14). The third kappa shape index (κ3) is 3.10. The minimum atomic E-state index is -0.983. The van der Waals surface area contributed by atoms with Crippen LogP contribution in [0.25, 0.3) is 0 Å². The normalized spacial score (nSPS) is 9.65. The van der Waals surface area contributed by atoms with Crippen molar-refractivity contribution in [1.29, 1.82) is 0 Å². The second kappa shape index (κ2) is 5.54. The van der Waals surface area contributed by atoms with Crippen LogP contribution in [0, 0.1) is 6.92 Å². The molecule has 0 aliphatic heterocycles. The summed E-state index contributed by atoms with van der Waals surface area (Å²) in [6.07, 6.45) is 0. The molecule has 92 valence electrons. The van der Waals surface area contributed by atoms with E-state index >= 15 is 0 Å². The number of esters is 1. The maximum atomic E-state index is 11.3. The van der Waals surface area contributed by atoms with Crippen molar-refractivity contribution in [3.8, 4) is 5.75 Å². The monoisotopic (exact) mass is 257 g/mol. The second-order valence-electron chi connectivity index (χ2n) is 3.25. The third-order valence-corrected chi connectivity index (χ3v) is 2.51. The molecule has 0 aliphatic rings. The summed E-state index contributed by atoms with van der Waals surface area (Å²) in [5.74, 6) is -1.45. The van der Waals surface area contributed by atoms with Gasteiger partial charge in [0, 0.05) is 5.02 Å². The number of carbonyl (C=O) groups is 2. The van der Waals surface area contributed by atoms with Crippen LogP contribution in [0.5, 0.6) is 5.75 Å². The predicted octanol–water partition coefficient (Wildman–Crippen LogP) is 1.77. The van der Waals surface area contributed by atoms with Crippen LogP contribution in [0.1, 0.15) is 5.56 Å². The van der Waals surface area contributed by atoms with Crippen LogP contribution in [0.2, 0.25) is 5.02 Å². The quantitative estimate of drug-likeness (QED) is 0.648. The number of methoxy groups -OCH3 is 2. The van der Waals surface area contributed by atoms with Crippen LogP contribution >= 0.6 is 11.6 Å². The topological polar surface area (TPSA) is 64.6 Å². The summed E-state index contributed by atoms with van der Waals surface area (Å²) >= 11 is 5.92. The fraction of sp³-hybridized carbons (Fsp3) is 0.273. The molecule has 0 heterocycles. The molecule has 0 spiro atoms. The molecule has 0 bridgehead atoms. The van der Waals surface area contributed by atoms with E-state index in [1.54, 1.807) is 13.0 Å². The summed E-state index contributed by atoms with van der Waals surface area (Å²) in [7, 11) is 2.58. The van der Waals surface area contributed by atoms with Crippen LogP contribution in [-0.4, -0.2) is 26.1 Å².